The van der Waals surface area contributed by atoms with Gasteiger partial charge in [0.15, 0.2) is 0 Å². The number of methoxy groups -OCH3 is 2. The molecule has 2 N–H and O–H groups in total. The third-order valence-corrected chi connectivity index (χ3v) is 4.77. The van der Waals surface area contributed by atoms with Crippen molar-refractivity contribution in [1.82, 2.24) is 15.3 Å². The zero-order valence-corrected chi connectivity index (χ0v) is 17.3. The molecule has 0 saturated heterocycles. The number of amides is 1. The standard InChI is InChI=1S/C24H22N4O3/c1-30-18-12-13-21(31-2)16(14-18)15-25-24(29)23-27-20-11-7-6-10-19(20)22(28-23)26-17-8-4-3-5-9-17/h3-14H,15H2,1-2H3,(H,25,29)(H,26,27,28). The smallest absolute Gasteiger partial charge is 0.289 e. The number of fused-ring (bicyclic) bond motifs is 1. The third kappa shape index (κ3) is 4.56. The topological polar surface area (TPSA) is 85.4 Å². The molecular formula is C24H22N4O3. The van der Waals surface area contributed by atoms with Crippen LogP contribution in [0.2, 0.25) is 0 Å². The first-order valence-corrected chi connectivity index (χ1v) is 9.76. The molecule has 1 aromatic heterocycles. The van der Waals surface area contributed by atoms with Crippen molar-refractivity contribution in [1.29, 1.82) is 0 Å². The first-order chi connectivity index (χ1) is 15.2. The summed E-state index contributed by atoms with van der Waals surface area (Å²) < 4.78 is 10.6. The Labute approximate surface area is 180 Å². The van der Waals surface area contributed by atoms with Gasteiger partial charge in [0.1, 0.15) is 17.3 Å². The average molecular weight is 414 g/mol. The summed E-state index contributed by atoms with van der Waals surface area (Å²) in [6.45, 7) is 0.247. The van der Waals surface area contributed by atoms with Crippen LogP contribution in [0.15, 0.2) is 72.8 Å². The van der Waals surface area contributed by atoms with E-state index in [2.05, 4.69) is 20.6 Å². The van der Waals surface area contributed by atoms with Crippen molar-refractivity contribution < 1.29 is 14.3 Å². The lowest BCUT2D eigenvalue weighted by Crippen LogP contribution is -2.25. The Morgan fingerprint density at radius 2 is 1.68 bits per heavy atom. The van der Waals surface area contributed by atoms with E-state index < -0.39 is 0 Å². The van der Waals surface area contributed by atoms with E-state index in [1.54, 1.807) is 26.4 Å². The van der Waals surface area contributed by atoms with Crippen LogP contribution in [0.1, 0.15) is 16.2 Å². The van der Waals surface area contributed by atoms with Crippen molar-refractivity contribution in [2.75, 3.05) is 19.5 Å². The fourth-order valence-electron chi connectivity index (χ4n) is 3.21. The molecule has 4 aromatic rings. The molecule has 7 nitrogen and oxygen atoms in total. The molecule has 0 fully saturated rings. The van der Waals surface area contributed by atoms with Gasteiger partial charge in [-0.15, -0.1) is 0 Å². The molecule has 0 aliphatic rings. The van der Waals surface area contributed by atoms with E-state index in [0.29, 0.717) is 22.8 Å². The van der Waals surface area contributed by atoms with E-state index in [4.69, 9.17) is 9.47 Å². The highest BCUT2D eigenvalue weighted by atomic mass is 16.5. The molecule has 1 heterocycles. The molecule has 3 aromatic carbocycles. The summed E-state index contributed by atoms with van der Waals surface area (Å²) in [5.41, 5.74) is 2.34. The van der Waals surface area contributed by atoms with Gasteiger partial charge in [0.25, 0.3) is 5.91 Å². The molecule has 0 unspecified atom stereocenters. The van der Waals surface area contributed by atoms with Gasteiger partial charge >= 0.3 is 0 Å². The highest BCUT2D eigenvalue weighted by Crippen LogP contribution is 2.25. The van der Waals surface area contributed by atoms with Gasteiger partial charge in [-0.1, -0.05) is 30.3 Å². The Bertz CT molecular complexity index is 1210. The summed E-state index contributed by atoms with van der Waals surface area (Å²) in [6, 6.07) is 22.7. The molecule has 156 valence electrons. The molecule has 0 atom stereocenters. The zero-order valence-electron chi connectivity index (χ0n) is 17.3. The monoisotopic (exact) mass is 414 g/mol. The minimum absolute atomic E-state index is 0.0824. The predicted octanol–water partition coefficient (Wildman–Crippen LogP) is 4.32. The van der Waals surface area contributed by atoms with Crippen molar-refractivity contribution in [3.05, 3.63) is 84.2 Å². The number of carbonyl (C=O) groups is 1. The Hall–Kier alpha value is -4.13. The highest BCUT2D eigenvalue weighted by Gasteiger charge is 2.15. The average Bonchev–Trinajstić information content (AvgIpc) is 2.82. The van der Waals surface area contributed by atoms with Crippen LogP contribution in [0.25, 0.3) is 10.9 Å². The van der Waals surface area contributed by atoms with Crippen molar-refractivity contribution in [2.45, 2.75) is 6.54 Å². The van der Waals surface area contributed by atoms with Gasteiger partial charge in [0.05, 0.1) is 19.7 Å². The Kier molecular flexibility index (Phi) is 5.93. The molecule has 0 aliphatic heterocycles. The maximum Gasteiger partial charge on any atom is 0.289 e. The summed E-state index contributed by atoms with van der Waals surface area (Å²) in [7, 11) is 3.18. The van der Waals surface area contributed by atoms with Crippen molar-refractivity contribution >= 4 is 28.3 Å². The first-order valence-electron chi connectivity index (χ1n) is 9.76. The van der Waals surface area contributed by atoms with Gasteiger partial charge in [0.2, 0.25) is 5.82 Å². The Balaban J connectivity index is 1.61. The van der Waals surface area contributed by atoms with Gasteiger partial charge in [-0.2, -0.15) is 0 Å². The Morgan fingerprint density at radius 3 is 2.45 bits per heavy atom. The van der Waals surface area contributed by atoms with Gasteiger partial charge < -0.3 is 20.1 Å². The SMILES string of the molecule is COc1ccc(OC)c(CNC(=O)c2nc(Nc3ccccc3)c3ccccc3n2)c1. The van der Waals surface area contributed by atoms with Gasteiger partial charge in [-0.25, -0.2) is 9.97 Å². The van der Waals surface area contributed by atoms with Crippen molar-refractivity contribution in [2.24, 2.45) is 0 Å². The highest BCUT2D eigenvalue weighted by molar-refractivity contribution is 5.97. The van der Waals surface area contributed by atoms with Crippen LogP contribution in [-0.2, 0) is 6.54 Å². The second-order valence-corrected chi connectivity index (χ2v) is 6.76. The summed E-state index contributed by atoms with van der Waals surface area (Å²) in [4.78, 5) is 21.8. The largest absolute Gasteiger partial charge is 0.497 e. The van der Waals surface area contributed by atoms with Gasteiger partial charge in [-0.05, 0) is 42.5 Å². The van der Waals surface area contributed by atoms with E-state index in [9.17, 15) is 4.79 Å². The maximum absolute atomic E-state index is 12.9. The quantitative estimate of drug-likeness (QED) is 0.468. The van der Waals surface area contributed by atoms with Crippen molar-refractivity contribution in [3.63, 3.8) is 0 Å². The minimum atomic E-state index is -0.383. The normalized spacial score (nSPS) is 10.5. The molecule has 0 aliphatic carbocycles. The van der Waals surface area contributed by atoms with Crippen molar-refractivity contribution in [3.8, 4) is 11.5 Å². The molecule has 4 rings (SSSR count). The number of rotatable bonds is 7. The van der Waals surface area contributed by atoms with E-state index in [-0.39, 0.29) is 18.3 Å². The number of hydrogen-bond donors (Lipinski definition) is 2. The van der Waals surface area contributed by atoms with E-state index in [0.717, 1.165) is 16.6 Å². The molecule has 31 heavy (non-hydrogen) atoms. The number of hydrogen-bond acceptors (Lipinski definition) is 6. The van der Waals surface area contributed by atoms with E-state index in [1.165, 1.54) is 0 Å². The lowest BCUT2D eigenvalue weighted by Gasteiger charge is -2.13. The maximum atomic E-state index is 12.9. The molecule has 0 saturated carbocycles. The van der Waals surface area contributed by atoms with Crippen LogP contribution >= 0.6 is 0 Å². The third-order valence-electron chi connectivity index (χ3n) is 4.77. The summed E-state index contributed by atoms with van der Waals surface area (Å²) in [5.74, 6) is 1.61. The van der Waals surface area contributed by atoms with E-state index in [1.807, 2.05) is 60.7 Å². The fraction of sp³-hybridized carbons (Fsp3) is 0.125. The number of anilines is 2. The second-order valence-electron chi connectivity index (χ2n) is 6.76. The lowest BCUT2D eigenvalue weighted by atomic mass is 10.2. The summed E-state index contributed by atoms with van der Waals surface area (Å²) >= 11 is 0. The lowest BCUT2D eigenvalue weighted by molar-refractivity contribution is 0.0940. The first kappa shape index (κ1) is 20.2. The molecule has 1 amide bonds. The number of ether oxygens (including phenoxy) is 2. The van der Waals surface area contributed by atoms with Crippen LogP contribution < -0.4 is 20.1 Å². The number of aromatic nitrogens is 2. The number of nitrogens with one attached hydrogen (secondary N) is 2. The number of carbonyl (C=O) groups excluding carboxylic acids is 1. The van der Waals surface area contributed by atoms with Crippen LogP contribution in [0, 0.1) is 0 Å². The molecular weight excluding hydrogens is 392 g/mol. The summed E-state index contributed by atoms with van der Waals surface area (Å²) in [5, 5.41) is 6.98. The van der Waals surface area contributed by atoms with Crippen LogP contribution in [-0.4, -0.2) is 30.1 Å². The molecule has 0 bridgehead atoms. The zero-order chi connectivity index (χ0) is 21.6. The summed E-state index contributed by atoms with van der Waals surface area (Å²) in [6.07, 6.45) is 0. The predicted molar refractivity (Wildman–Crippen MR) is 120 cm³/mol. The number of para-hydroxylation sites is 2. The second kappa shape index (κ2) is 9.13. The molecule has 0 spiro atoms. The van der Waals surface area contributed by atoms with Crippen LogP contribution in [0.3, 0.4) is 0 Å². The molecule has 0 radical (unpaired) electrons. The van der Waals surface area contributed by atoms with Crippen LogP contribution in [0.5, 0.6) is 11.5 Å². The minimum Gasteiger partial charge on any atom is -0.497 e. The van der Waals surface area contributed by atoms with Crippen LogP contribution in [0.4, 0.5) is 11.5 Å². The van der Waals surface area contributed by atoms with E-state index >= 15 is 0 Å². The fourth-order valence-corrected chi connectivity index (χ4v) is 3.21. The van der Waals surface area contributed by atoms with Gasteiger partial charge in [-0.3, -0.25) is 4.79 Å². The number of nitrogens with zero attached hydrogens (tertiary/aromatic N) is 2. The molecule has 7 heteroatoms. The van der Waals surface area contributed by atoms with Gasteiger partial charge in [0, 0.05) is 23.2 Å². The number of benzene rings is 3. The Morgan fingerprint density at radius 1 is 0.903 bits per heavy atom.